The lowest BCUT2D eigenvalue weighted by Gasteiger charge is -2.07. The molecule has 0 aliphatic heterocycles. The smallest absolute Gasteiger partial charge is 0.293 e. The van der Waals surface area contributed by atoms with Gasteiger partial charge in [0.25, 0.3) is 11.8 Å². The normalized spacial score (nSPS) is 10.6. The lowest BCUT2D eigenvalue weighted by molar-refractivity contribution is 0.0999. The van der Waals surface area contributed by atoms with Crippen molar-refractivity contribution in [1.82, 2.24) is 0 Å². The van der Waals surface area contributed by atoms with Crippen LogP contribution in [0.5, 0.6) is 0 Å². The molecule has 0 spiro atoms. The van der Waals surface area contributed by atoms with Crippen molar-refractivity contribution in [3.05, 3.63) is 95.2 Å². The van der Waals surface area contributed by atoms with Crippen molar-refractivity contribution in [2.45, 2.75) is 0 Å². The summed E-state index contributed by atoms with van der Waals surface area (Å²) in [6.07, 6.45) is 0. The summed E-state index contributed by atoms with van der Waals surface area (Å²) in [4.78, 5) is 25.5. The molecule has 4 rings (SSSR count). The van der Waals surface area contributed by atoms with E-state index in [1.807, 2.05) is 24.3 Å². The highest BCUT2D eigenvalue weighted by Crippen LogP contribution is 2.32. The second kappa shape index (κ2) is 7.58. The Balaban J connectivity index is 1.71. The van der Waals surface area contributed by atoms with Gasteiger partial charge in [0.2, 0.25) is 5.76 Å². The number of anilines is 2. The standard InChI is InChI=1S/C22H15ClN2O3/c23-15-8-6-7-14(13-15)21(26)25-19-17-11-4-5-12-18(17)28-20(19)22(27)24-16-9-2-1-3-10-16/h1-13H,(H,24,27)(H,25,26). The number of hydrogen-bond donors (Lipinski definition) is 2. The van der Waals surface area contributed by atoms with Crippen molar-refractivity contribution in [1.29, 1.82) is 0 Å². The second-order valence-corrected chi connectivity index (χ2v) is 6.52. The number of carbonyl (C=O) groups is 2. The van der Waals surface area contributed by atoms with Crippen LogP contribution >= 0.6 is 11.6 Å². The first-order chi connectivity index (χ1) is 13.6. The topological polar surface area (TPSA) is 71.3 Å². The van der Waals surface area contributed by atoms with Crippen LogP contribution in [0.1, 0.15) is 20.9 Å². The molecule has 0 unspecified atom stereocenters. The first-order valence-electron chi connectivity index (χ1n) is 8.56. The van der Waals surface area contributed by atoms with E-state index in [4.69, 9.17) is 16.0 Å². The van der Waals surface area contributed by atoms with Crippen molar-refractivity contribution >= 4 is 45.8 Å². The van der Waals surface area contributed by atoms with E-state index < -0.39 is 5.91 Å². The van der Waals surface area contributed by atoms with Crippen LogP contribution in [-0.4, -0.2) is 11.8 Å². The van der Waals surface area contributed by atoms with Gasteiger partial charge in [-0.05, 0) is 42.5 Å². The van der Waals surface area contributed by atoms with Crippen molar-refractivity contribution < 1.29 is 14.0 Å². The van der Waals surface area contributed by atoms with Crippen LogP contribution < -0.4 is 10.6 Å². The first-order valence-corrected chi connectivity index (χ1v) is 8.94. The molecule has 0 aliphatic carbocycles. The summed E-state index contributed by atoms with van der Waals surface area (Å²) in [7, 11) is 0. The van der Waals surface area contributed by atoms with Gasteiger partial charge in [-0.3, -0.25) is 9.59 Å². The average molecular weight is 391 g/mol. The van der Waals surface area contributed by atoms with Crippen molar-refractivity contribution in [3.8, 4) is 0 Å². The molecule has 5 nitrogen and oxygen atoms in total. The van der Waals surface area contributed by atoms with Crippen molar-refractivity contribution in [2.24, 2.45) is 0 Å². The Bertz CT molecular complexity index is 1170. The fourth-order valence-electron chi connectivity index (χ4n) is 2.85. The van der Waals surface area contributed by atoms with Crippen LogP contribution in [0.15, 0.2) is 83.3 Å². The molecule has 0 radical (unpaired) electrons. The molecule has 3 aromatic carbocycles. The fourth-order valence-corrected chi connectivity index (χ4v) is 3.04. The Morgan fingerprint density at radius 2 is 1.54 bits per heavy atom. The third-order valence-corrected chi connectivity index (χ3v) is 4.39. The van der Waals surface area contributed by atoms with Gasteiger partial charge in [0.1, 0.15) is 11.3 Å². The third-order valence-electron chi connectivity index (χ3n) is 4.16. The highest BCUT2D eigenvalue weighted by molar-refractivity contribution is 6.31. The van der Waals surface area contributed by atoms with Crippen LogP contribution in [0.2, 0.25) is 5.02 Å². The number of fused-ring (bicyclic) bond motifs is 1. The molecule has 2 amide bonds. The molecule has 1 aromatic heterocycles. The predicted molar refractivity (Wildman–Crippen MR) is 110 cm³/mol. The number of hydrogen-bond acceptors (Lipinski definition) is 3. The number of benzene rings is 3. The van der Waals surface area contributed by atoms with Gasteiger partial charge >= 0.3 is 0 Å². The quantitative estimate of drug-likeness (QED) is 0.477. The summed E-state index contributed by atoms with van der Waals surface area (Å²) < 4.78 is 5.74. The maximum absolute atomic E-state index is 12.8. The fraction of sp³-hybridized carbons (Fsp3) is 0. The molecule has 0 bridgehead atoms. The molecule has 138 valence electrons. The minimum atomic E-state index is -0.455. The van der Waals surface area contributed by atoms with Crippen molar-refractivity contribution in [2.75, 3.05) is 10.6 Å². The van der Waals surface area contributed by atoms with E-state index in [0.29, 0.717) is 32.9 Å². The Hall–Kier alpha value is -3.57. The maximum Gasteiger partial charge on any atom is 0.293 e. The number of furan rings is 1. The third kappa shape index (κ3) is 3.61. The summed E-state index contributed by atoms with van der Waals surface area (Å²) in [5, 5.41) is 6.65. The lowest BCUT2D eigenvalue weighted by atomic mass is 10.1. The molecule has 1 heterocycles. The van der Waals surface area contributed by atoms with Gasteiger partial charge in [0.15, 0.2) is 0 Å². The molecular weight excluding hydrogens is 376 g/mol. The zero-order valence-corrected chi connectivity index (χ0v) is 15.4. The largest absolute Gasteiger partial charge is 0.449 e. The van der Waals surface area contributed by atoms with E-state index >= 15 is 0 Å². The first kappa shape index (κ1) is 17.8. The number of carbonyl (C=O) groups excluding carboxylic acids is 2. The second-order valence-electron chi connectivity index (χ2n) is 6.09. The SMILES string of the molecule is O=C(Nc1c(C(=O)Nc2ccccc2)oc2ccccc12)c1cccc(Cl)c1. The maximum atomic E-state index is 12.8. The number of para-hydroxylation sites is 2. The molecule has 0 fully saturated rings. The van der Waals surface area contributed by atoms with E-state index in [2.05, 4.69) is 10.6 Å². The number of rotatable bonds is 4. The monoisotopic (exact) mass is 390 g/mol. The zero-order chi connectivity index (χ0) is 19.5. The van der Waals surface area contributed by atoms with E-state index in [0.717, 1.165) is 0 Å². The highest BCUT2D eigenvalue weighted by Gasteiger charge is 2.23. The average Bonchev–Trinajstić information content (AvgIpc) is 3.07. The van der Waals surface area contributed by atoms with Gasteiger partial charge in [-0.2, -0.15) is 0 Å². The van der Waals surface area contributed by atoms with E-state index in [9.17, 15) is 9.59 Å². The van der Waals surface area contributed by atoms with Crippen LogP contribution in [0, 0.1) is 0 Å². The highest BCUT2D eigenvalue weighted by atomic mass is 35.5. The minimum Gasteiger partial charge on any atom is -0.449 e. The number of nitrogens with one attached hydrogen (secondary N) is 2. The molecule has 0 saturated carbocycles. The Morgan fingerprint density at radius 1 is 0.786 bits per heavy atom. The Morgan fingerprint density at radius 3 is 2.32 bits per heavy atom. The van der Waals surface area contributed by atoms with E-state index in [-0.39, 0.29) is 11.7 Å². The van der Waals surface area contributed by atoms with Gasteiger partial charge in [-0.1, -0.05) is 48.0 Å². The zero-order valence-electron chi connectivity index (χ0n) is 14.6. The lowest BCUT2D eigenvalue weighted by Crippen LogP contribution is -2.17. The summed E-state index contributed by atoms with van der Waals surface area (Å²) in [6.45, 7) is 0. The van der Waals surface area contributed by atoms with Crippen LogP contribution in [-0.2, 0) is 0 Å². The Kier molecular flexibility index (Phi) is 4.83. The summed E-state index contributed by atoms with van der Waals surface area (Å²) >= 11 is 5.98. The molecule has 28 heavy (non-hydrogen) atoms. The van der Waals surface area contributed by atoms with E-state index in [1.165, 1.54) is 0 Å². The van der Waals surface area contributed by atoms with Gasteiger partial charge in [-0.25, -0.2) is 0 Å². The van der Waals surface area contributed by atoms with Crippen LogP contribution in [0.4, 0.5) is 11.4 Å². The molecular formula is C22H15ClN2O3. The van der Waals surface area contributed by atoms with Gasteiger partial charge in [-0.15, -0.1) is 0 Å². The predicted octanol–water partition coefficient (Wildman–Crippen LogP) is 5.59. The summed E-state index contributed by atoms with van der Waals surface area (Å²) in [5.74, 6) is -0.813. The van der Waals surface area contributed by atoms with Gasteiger partial charge in [0.05, 0.1) is 0 Å². The molecule has 6 heteroatoms. The van der Waals surface area contributed by atoms with Crippen molar-refractivity contribution in [3.63, 3.8) is 0 Å². The molecule has 0 atom stereocenters. The number of amides is 2. The molecule has 4 aromatic rings. The van der Waals surface area contributed by atoms with Crippen LogP contribution in [0.25, 0.3) is 11.0 Å². The molecule has 0 saturated heterocycles. The van der Waals surface area contributed by atoms with Gasteiger partial charge < -0.3 is 15.1 Å². The molecule has 0 aliphatic rings. The summed E-state index contributed by atoms with van der Waals surface area (Å²) in [6, 6.07) is 22.7. The number of halogens is 1. The van der Waals surface area contributed by atoms with Gasteiger partial charge in [0, 0.05) is 21.7 Å². The van der Waals surface area contributed by atoms with E-state index in [1.54, 1.807) is 54.6 Å². The Labute approximate surface area is 165 Å². The minimum absolute atomic E-state index is 0.0282. The molecule has 2 N–H and O–H groups in total. The summed E-state index contributed by atoms with van der Waals surface area (Å²) in [5.41, 5.74) is 1.82. The van der Waals surface area contributed by atoms with Crippen LogP contribution in [0.3, 0.4) is 0 Å².